The third-order valence-electron chi connectivity index (χ3n) is 4.17. The van der Waals surface area contributed by atoms with Gasteiger partial charge in [0.05, 0.1) is 25.4 Å². The number of carbonyl (C=O) groups excluding carboxylic acids is 1. The molecule has 3 heterocycles. The molecule has 118 valence electrons. The first-order valence-corrected chi connectivity index (χ1v) is 8.41. The number of aromatic nitrogens is 2. The van der Waals surface area contributed by atoms with Crippen LogP contribution in [0.2, 0.25) is 0 Å². The number of rotatable bonds is 4. The maximum Gasteiger partial charge on any atom is 0.268 e. The predicted octanol–water partition coefficient (Wildman–Crippen LogP) is 2.87. The average Bonchev–Trinajstić information content (AvgIpc) is 3.19. The normalized spacial score (nSPS) is 18.0. The maximum absolute atomic E-state index is 12.8. The first kappa shape index (κ1) is 15.1. The highest BCUT2D eigenvalue weighted by atomic mass is 32.1. The summed E-state index contributed by atoms with van der Waals surface area (Å²) in [4.78, 5) is 15.5. The van der Waals surface area contributed by atoms with Gasteiger partial charge in [-0.15, -0.1) is 11.3 Å². The van der Waals surface area contributed by atoms with Gasteiger partial charge in [-0.05, 0) is 44.2 Å². The zero-order valence-corrected chi connectivity index (χ0v) is 14.0. The van der Waals surface area contributed by atoms with Crippen molar-refractivity contribution in [2.75, 3.05) is 13.7 Å². The van der Waals surface area contributed by atoms with E-state index in [0.29, 0.717) is 10.6 Å². The standard InChI is InChI=1S/C16H21N3O2S/c1-11-9-12(2)19(17-11)10-13-5-4-7-18(13)16(20)15-14(21-3)6-8-22-15/h6,8-9,13H,4-5,7,10H2,1-3H3. The average molecular weight is 319 g/mol. The van der Waals surface area contributed by atoms with Gasteiger partial charge in [0, 0.05) is 12.2 Å². The molecule has 1 aliphatic rings. The highest BCUT2D eigenvalue weighted by molar-refractivity contribution is 7.12. The van der Waals surface area contributed by atoms with Crippen LogP contribution in [0.1, 0.15) is 33.9 Å². The summed E-state index contributed by atoms with van der Waals surface area (Å²) in [5, 5.41) is 6.42. The number of nitrogens with zero attached hydrogens (tertiary/aromatic N) is 3. The second-order valence-electron chi connectivity index (χ2n) is 5.72. The van der Waals surface area contributed by atoms with Gasteiger partial charge in [-0.2, -0.15) is 5.10 Å². The van der Waals surface area contributed by atoms with Crippen LogP contribution >= 0.6 is 11.3 Å². The van der Waals surface area contributed by atoms with Gasteiger partial charge in [-0.3, -0.25) is 9.48 Å². The Kier molecular flexibility index (Phi) is 4.20. The molecule has 0 aromatic carbocycles. The van der Waals surface area contributed by atoms with Crippen LogP contribution in [-0.4, -0.2) is 40.3 Å². The van der Waals surface area contributed by atoms with Crippen LogP contribution in [0, 0.1) is 13.8 Å². The molecule has 1 aliphatic heterocycles. The Hall–Kier alpha value is -1.82. The van der Waals surface area contributed by atoms with E-state index in [1.807, 2.05) is 28.0 Å². The van der Waals surface area contributed by atoms with Crippen molar-refractivity contribution < 1.29 is 9.53 Å². The van der Waals surface area contributed by atoms with Gasteiger partial charge in [0.1, 0.15) is 10.6 Å². The van der Waals surface area contributed by atoms with Crippen molar-refractivity contribution in [1.29, 1.82) is 0 Å². The van der Waals surface area contributed by atoms with Crippen LogP contribution in [0.3, 0.4) is 0 Å². The smallest absolute Gasteiger partial charge is 0.268 e. The van der Waals surface area contributed by atoms with Gasteiger partial charge in [-0.1, -0.05) is 0 Å². The fraction of sp³-hybridized carbons (Fsp3) is 0.500. The molecule has 2 aromatic heterocycles. The van der Waals surface area contributed by atoms with Gasteiger partial charge in [0.2, 0.25) is 0 Å². The Morgan fingerprint density at radius 2 is 2.32 bits per heavy atom. The fourth-order valence-electron chi connectivity index (χ4n) is 3.10. The summed E-state index contributed by atoms with van der Waals surface area (Å²) < 4.78 is 7.30. The Morgan fingerprint density at radius 3 is 3.00 bits per heavy atom. The molecule has 1 amide bonds. The van der Waals surface area contributed by atoms with Crippen LogP contribution in [-0.2, 0) is 6.54 Å². The zero-order chi connectivity index (χ0) is 15.7. The molecule has 0 spiro atoms. The van der Waals surface area contributed by atoms with Crippen molar-refractivity contribution in [3.63, 3.8) is 0 Å². The maximum atomic E-state index is 12.8. The van der Waals surface area contributed by atoms with E-state index in [2.05, 4.69) is 18.1 Å². The summed E-state index contributed by atoms with van der Waals surface area (Å²) in [5.41, 5.74) is 2.17. The Labute approximate surface area is 134 Å². The Bertz CT molecular complexity index is 677. The van der Waals surface area contributed by atoms with E-state index < -0.39 is 0 Å². The van der Waals surface area contributed by atoms with Crippen LogP contribution in [0.5, 0.6) is 5.75 Å². The number of likely N-dealkylation sites (tertiary alicyclic amines) is 1. The van der Waals surface area contributed by atoms with Gasteiger partial charge in [-0.25, -0.2) is 0 Å². The molecule has 1 atom stereocenters. The number of thiophene rings is 1. The van der Waals surface area contributed by atoms with E-state index >= 15 is 0 Å². The van der Waals surface area contributed by atoms with E-state index in [4.69, 9.17) is 4.74 Å². The molecule has 3 rings (SSSR count). The molecule has 1 fully saturated rings. The van der Waals surface area contributed by atoms with Crippen LogP contribution in [0.15, 0.2) is 17.5 Å². The summed E-state index contributed by atoms with van der Waals surface area (Å²) in [6.45, 7) is 5.63. The highest BCUT2D eigenvalue weighted by Crippen LogP contribution is 2.29. The first-order valence-electron chi connectivity index (χ1n) is 7.53. The quantitative estimate of drug-likeness (QED) is 0.870. The number of methoxy groups -OCH3 is 1. The topological polar surface area (TPSA) is 47.4 Å². The fourth-order valence-corrected chi connectivity index (χ4v) is 3.91. The molecule has 0 aliphatic carbocycles. The van der Waals surface area contributed by atoms with Gasteiger partial charge >= 0.3 is 0 Å². The summed E-state index contributed by atoms with van der Waals surface area (Å²) in [6, 6.07) is 4.13. The first-order chi connectivity index (χ1) is 10.6. The largest absolute Gasteiger partial charge is 0.495 e. The highest BCUT2D eigenvalue weighted by Gasteiger charge is 2.32. The lowest BCUT2D eigenvalue weighted by Gasteiger charge is -2.25. The second-order valence-corrected chi connectivity index (χ2v) is 6.64. The van der Waals surface area contributed by atoms with Crippen molar-refractivity contribution >= 4 is 17.2 Å². The number of aryl methyl sites for hydroxylation is 2. The van der Waals surface area contributed by atoms with Crippen LogP contribution in [0.25, 0.3) is 0 Å². The Morgan fingerprint density at radius 1 is 1.50 bits per heavy atom. The molecule has 0 radical (unpaired) electrons. The van der Waals surface area contributed by atoms with Crippen LogP contribution in [0.4, 0.5) is 0 Å². The van der Waals surface area contributed by atoms with E-state index in [0.717, 1.165) is 37.3 Å². The number of carbonyl (C=O) groups is 1. The third-order valence-corrected chi connectivity index (χ3v) is 5.05. The minimum absolute atomic E-state index is 0.0795. The van der Waals surface area contributed by atoms with Crippen LogP contribution < -0.4 is 4.74 Å². The lowest BCUT2D eigenvalue weighted by Crippen LogP contribution is -2.38. The monoisotopic (exact) mass is 319 g/mol. The van der Waals surface area contributed by atoms with Crippen molar-refractivity contribution in [3.8, 4) is 5.75 Å². The third kappa shape index (κ3) is 2.75. The summed E-state index contributed by atoms with van der Waals surface area (Å²) in [6.07, 6.45) is 2.07. The molecule has 22 heavy (non-hydrogen) atoms. The van der Waals surface area contributed by atoms with Crippen molar-refractivity contribution in [2.24, 2.45) is 0 Å². The number of hydrogen-bond acceptors (Lipinski definition) is 4. The SMILES string of the molecule is COc1ccsc1C(=O)N1CCCC1Cn1nc(C)cc1C. The number of amides is 1. The summed E-state index contributed by atoms with van der Waals surface area (Å²) in [7, 11) is 1.61. The lowest BCUT2D eigenvalue weighted by molar-refractivity contribution is 0.0723. The van der Waals surface area contributed by atoms with E-state index in [-0.39, 0.29) is 11.9 Å². The van der Waals surface area contributed by atoms with Gasteiger partial charge in [0.25, 0.3) is 5.91 Å². The zero-order valence-electron chi connectivity index (χ0n) is 13.2. The summed E-state index contributed by atoms with van der Waals surface area (Å²) in [5.74, 6) is 0.752. The molecule has 1 unspecified atom stereocenters. The number of hydrogen-bond donors (Lipinski definition) is 0. The van der Waals surface area contributed by atoms with E-state index in [9.17, 15) is 4.79 Å². The number of ether oxygens (including phenoxy) is 1. The lowest BCUT2D eigenvalue weighted by atomic mass is 10.2. The molecule has 6 heteroatoms. The molecular weight excluding hydrogens is 298 g/mol. The van der Waals surface area contributed by atoms with E-state index in [1.54, 1.807) is 7.11 Å². The minimum Gasteiger partial charge on any atom is -0.495 e. The minimum atomic E-state index is 0.0795. The molecule has 5 nitrogen and oxygen atoms in total. The molecule has 0 N–H and O–H groups in total. The molecule has 1 saturated heterocycles. The molecular formula is C16H21N3O2S. The predicted molar refractivity (Wildman–Crippen MR) is 86.6 cm³/mol. The molecule has 0 saturated carbocycles. The van der Waals surface area contributed by atoms with Crippen molar-refractivity contribution in [2.45, 2.75) is 39.3 Å². The van der Waals surface area contributed by atoms with Crippen molar-refractivity contribution in [3.05, 3.63) is 33.8 Å². The Balaban J connectivity index is 1.78. The van der Waals surface area contributed by atoms with Gasteiger partial charge < -0.3 is 9.64 Å². The molecule has 0 bridgehead atoms. The van der Waals surface area contributed by atoms with Crippen molar-refractivity contribution in [1.82, 2.24) is 14.7 Å². The van der Waals surface area contributed by atoms with Gasteiger partial charge in [0.15, 0.2) is 0 Å². The summed E-state index contributed by atoms with van der Waals surface area (Å²) >= 11 is 1.45. The second kappa shape index (κ2) is 6.12. The molecule has 2 aromatic rings. The van der Waals surface area contributed by atoms with E-state index in [1.165, 1.54) is 11.3 Å².